The van der Waals surface area contributed by atoms with Gasteiger partial charge in [-0.05, 0) is 17.7 Å². The summed E-state index contributed by atoms with van der Waals surface area (Å²) >= 11 is 12.4. The number of hydrogen-bond acceptors (Lipinski definition) is 1. The van der Waals surface area contributed by atoms with Gasteiger partial charge in [-0.2, -0.15) is 0 Å². The van der Waals surface area contributed by atoms with Gasteiger partial charge in [0.05, 0.1) is 0 Å². The molecule has 0 bridgehead atoms. The van der Waals surface area contributed by atoms with Crippen LogP contribution in [0.15, 0.2) is 21.1 Å². The van der Waals surface area contributed by atoms with Crippen molar-refractivity contribution >= 4 is 49.7 Å². The van der Waals surface area contributed by atoms with Gasteiger partial charge in [-0.25, -0.2) is 0 Å². The van der Waals surface area contributed by atoms with E-state index in [4.69, 9.17) is 11.6 Å². The summed E-state index contributed by atoms with van der Waals surface area (Å²) in [5, 5.41) is 0.642. The molecule has 0 heterocycles. The highest BCUT2D eigenvalue weighted by Gasteiger charge is 2.05. The van der Waals surface area contributed by atoms with Gasteiger partial charge in [-0.3, -0.25) is 0 Å². The Morgan fingerprint density at radius 3 is 2.25 bits per heavy atom. The van der Waals surface area contributed by atoms with Crippen molar-refractivity contribution in [2.75, 3.05) is 0 Å². The maximum absolute atomic E-state index is 10.3. The first-order valence-electron chi connectivity index (χ1n) is 3.22. The number of benzene rings is 1. The van der Waals surface area contributed by atoms with Gasteiger partial charge in [0.1, 0.15) is 6.29 Å². The Labute approximate surface area is 92.4 Å². The lowest BCUT2D eigenvalue weighted by Gasteiger charge is -2.03. The maximum Gasteiger partial charge on any atom is 0.124 e. The van der Waals surface area contributed by atoms with Crippen LogP contribution >= 0.6 is 43.5 Å². The topological polar surface area (TPSA) is 17.1 Å². The van der Waals surface area contributed by atoms with Crippen LogP contribution in [0, 0.1) is 0 Å². The molecule has 0 radical (unpaired) electrons. The monoisotopic (exact) mass is 310 g/mol. The van der Waals surface area contributed by atoms with Gasteiger partial charge < -0.3 is 4.79 Å². The largest absolute Gasteiger partial charge is 0.303 e. The van der Waals surface area contributed by atoms with Gasteiger partial charge in [-0.15, -0.1) is 0 Å². The Kier molecular flexibility index (Phi) is 3.75. The van der Waals surface area contributed by atoms with Crippen LogP contribution in [-0.2, 0) is 11.2 Å². The van der Waals surface area contributed by atoms with Gasteiger partial charge >= 0.3 is 0 Å². The van der Waals surface area contributed by atoms with Crippen molar-refractivity contribution in [3.8, 4) is 0 Å². The van der Waals surface area contributed by atoms with E-state index in [0.29, 0.717) is 11.4 Å². The summed E-state index contributed by atoms with van der Waals surface area (Å²) in [6, 6.07) is 3.54. The molecular weight excluding hydrogens is 307 g/mol. The third kappa shape index (κ3) is 2.31. The molecular formula is C8H5Br2ClO. The molecule has 0 amide bonds. The fourth-order valence-electron chi connectivity index (χ4n) is 0.850. The molecule has 1 rings (SSSR count). The van der Waals surface area contributed by atoms with Gasteiger partial charge in [0, 0.05) is 20.4 Å². The minimum atomic E-state index is 0.387. The van der Waals surface area contributed by atoms with Gasteiger partial charge in [0.25, 0.3) is 0 Å². The molecule has 0 aliphatic rings. The molecule has 1 aromatic rings. The molecule has 4 heteroatoms. The average molecular weight is 312 g/mol. The number of halogens is 3. The number of hydrogen-bond donors (Lipinski definition) is 0. The van der Waals surface area contributed by atoms with Gasteiger partial charge in [0.2, 0.25) is 0 Å². The highest BCUT2D eigenvalue weighted by atomic mass is 79.9. The number of rotatable bonds is 2. The Balaban J connectivity index is 3.18. The summed E-state index contributed by atoms with van der Waals surface area (Å²) < 4.78 is 1.71. The van der Waals surface area contributed by atoms with Gasteiger partial charge in [0.15, 0.2) is 0 Å². The zero-order valence-corrected chi connectivity index (χ0v) is 9.91. The standard InChI is InChI=1S/C8H5Br2ClO/c9-7-3-5(11)4-8(10)6(7)1-2-12/h2-4H,1H2. The molecule has 0 saturated heterocycles. The molecule has 1 aromatic carbocycles. The zero-order valence-electron chi connectivity index (χ0n) is 5.98. The second-order valence-corrected chi connectivity index (χ2v) is 4.36. The molecule has 0 aliphatic heterocycles. The van der Waals surface area contributed by atoms with E-state index in [0.717, 1.165) is 20.8 Å². The summed E-state index contributed by atoms with van der Waals surface area (Å²) in [6.45, 7) is 0. The van der Waals surface area contributed by atoms with Crippen LogP contribution in [0.1, 0.15) is 5.56 Å². The van der Waals surface area contributed by atoms with Crippen molar-refractivity contribution in [2.45, 2.75) is 6.42 Å². The molecule has 0 spiro atoms. The van der Waals surface area contributed by atoms with Crippen molar-refractivity contribution in [2.24, 2.45) is 0 Å². The van der Waals surface area contributed by atoms with E-state index in [9.17, 15) is 4.79 Å². The van der Waals surface area contributed by atoms with E-state index < -0.39 is 0 Å². The molecule has 0 aromatic heterocycles. The molecule has 1 nitrogen and oxygen atoms in total. The fourth-order valence-corrected chi connectivity index (χ4v) is 2.84. The summed E-state index contributed by atoms with van der Waals surface area (Å²) in [5.74, 6) is 0. The van der Waals surface area contributed by atoms with E-state index >= 15 is 0 Å². The second-order valence-electron chi connectivity index (χ2n) is 2.22. The summed E-state index contributed by atoms with van der Waals surface area (Å²) in [6.07, 6.45) is 1.25. The SMILES string of the molecule is O=CCc1c(Br)cc(Cl)cc1Br. The van der Waals surface area contributed by atoms with E-state index in [1.807, 2.05) is 0 Å². The van der Waals surface area contributed by atoms with E-state index in [1.165, 1.54) is 0 Å². The Bertz CT molecular complexity index is 289. The third-order valence-electron chi connectivity index (χ3n) is 1.39. The quantitative estimate of drug-likeness (QED) is 0.763. The minimum Gasteiger partial charge on any atom is -0.303 e. The predicted molar refractivity (Wildman–Crippen MR) is 56.6 cm³/mol. The van der Waals surface area contributed by atoms with E-state index in [2.05, 4.69) is 31.9 Å². The van der Waals surface area contributed by atoms with Crippen LogP contribution in [0.4, 0.5) is 0 Å². The number of carbonyl (C=O) groups excluding carboxylic acids is 1. The normalized spacial score (nSPS) is 9.92. The predicted octanol–water partition coefficient (Wildman–Crippen LogP) is 3.61. The summed E-state index contributed by atoms with van der Waals surface area (Å²) in [7, 11) is 0. The molecule has 0 unspecified atom stereocenters. The van der Waals surface area contributed by atoms with Crippen LogP contribution in [0.3, 0.4) is 0 Å². The van der Waals surface area contributed by atoms with Crippen molar-refractivity contribution in [1.82, 2.24) is 0 Å². The molecule has 64 valence electrons. The summed E-state index contributed by atoms with van der Waals surface area (Å²) in [4.78, 5) is 10.3. The first-order chi connectivity index (χ1) is 5.65. The second kappa shape index (κ2) is 4.40. The molecule has 0 saturated carbocycles. The first-order valence-corrected chi connectivity index (χ1v) is 5.18. The zero-order chi connectivity index (χ0) is 9.14. The Morgan fingerprint density at radius 1 is 1.33 bits per heavy atom. The third-order valence-corrected chi connectivity index (χ3v) is 3.03. The van der Waals surface area contributed by atoms with Crippen molar-refractivity contribution in [1.29, 1.82) is 0 Å². The van der Waals surface area contributed by atoms with Crippen molar-refractivity contribution in [3.05, 3.63) is 31.7 Å². The average Bonchev–Trinajstić information content (AvgIpc) is 1.96. The van der Waals surface area contributed by atoms with Crippen LogP contribution < -0.4 is 0 Å². The lowest BCUT2D eigenvalue weighted by molar-refractivity contribution is -0.107. The minimum absolute atomic E-state index is 0.387. The first kappa shape index (κ1) is 10.2. The van der Waals surface area contributed by atoms with Crippen molar-refractivity contribution in [3.63, 3.8) is 0 Å². The van der Waals surface area contributed by atoms with Crippen LogP contribution in [0.5, 0.6) is 0 Å². The number of aldehydes is 1. The summed E-state index contributed by atoms with van der Waals surface area (Å²) in [5.41, 5.74) is 0.925. The lowest BCUT2D eigenvalue weighted by atomic mass is 10.2. The fraction of sp³-hybridized carbons (Fsp3) is 0.125. The van der Waals surface area contributed by atoms with E-state index in [-0.39, 0.29) is 0 Å². The van der Waals surface area contributed by atoms with Crippen molar-refractivity contribution < 1.29 is 4.79 Å². The van der Waals surface area contributed by atoms with Gasteiger partial charge in [-0.1, -0.05) is 43.5 Å². The highest BCUT2D eigenvalue weighted by Crippen LogP contribution is 2.29. The molecule has 0 aliphatic carbocycles. The smallest absolute Gasteiger partial charge is 0.124 e. The van der Waals surface area contributed by atoms with Crippen LogP contribution in [0.2, 0.25) is 5.02 Å². The number of carbonyl (C=O) groups is 1. The van der Waals surface area contributed by atoms with Crippen LogP contribution in [-0.4, -0.2) is 6.29 Å². The molecule has 12 heavy (non-hydrogen) atoms. The van der Waals surface area contributed by atoms with Crippen LogP contribution in [0.25, 0.3) is 0 Å². The Hall–Kier alpha value is 0.140. The highest BCUT2D eigenvalue weighted by molar-refractivity contribution is 9.11. The molecule has 0 atom stereocenters. The molecule has 0 N–H and O–H groups in total. The Morgan fingerprint density at radius 2 is 1.83 bits per heavy atom. The van der Waals surface area contributed by atoms with E-state index in [1.54, 1.807) is 12.1 Å². The lowest BCUT2D eigenvalue weighted by Crippen LogP contribution is -1.89. The maximum atomic E-state index is 10.3. The molecule has 0 fully saturated rings.